The van der Waals surface area contributed by atoms with Gasteiger partial charge in [0.15, 0.2) is 0 Å². The van der Waals surface area contributed by atoms with Gasteiger partial charge in [-0.05, 0) is 35.9 Å². The van der Waals surface area contributed by atoms with E-state index in [0.29, 0.717) is 0 Å². The predicted molar refractivity (Wildman–Crippen MR) is 80.6 cm³/mol. The highest BCUT2D eigenvalue weighted by Gasteiger charge is 2.30. The number of hydrazone groups is 1. The number of rotatable bonds is 3. The summed E-state index contributed by atoms with van der Waals surface area (Å²) in [6.45, 7) is 0. The highest BCUT2D eigenvalue weighted by atomic mass is 79.9. The largest absolute Gasteiger partial charge is 0.416 e. The molecule has 7 heteroatoms. The third kappa shape index (κ3) is 4.42. The molecule has 3 nitrogen and oxygen atoms in total. The minimum Gasteiger partial charge on any atom is -0.267 e. The van der Waals surface area contributed by atoms with Gasteiger partial charge in [0, 0.05) is 10.0 Å². The number of hydrogen-bond acceptors (Lipinski definition) is 2. The number of benzene rings is 2. The van der Waals surface area contributed by atoms with E-state index in [4.69, 9.17) is 0 Å². The Morgan fingerprint density at radius 2 is 1.86 bits per heavy atom. The molecule has 0 unspecified atom stereocenters. The summed E-state index contributed by atoms with van der Waals surface area (Å²) in [7, 11) is 0. The second-order valence-corrected chi connectivity index (χ2v) is 5.25. The molecule has 114 valence electrons. The Morgan fingerprint density at radius 3 is 2.55 bits per heavy atom. The topological polar surface area (TPSA) is 41.5 Å². The third-order valence-corrected chi connectivity index (χ3v) is 3.17. The van der Waals surface area contributed by atoms with Crippen molar-refractivity contribution in [2.45, 2.75) is 6.18 Å². The van der Waals surface area contributed by atoms with Gasteiger partial charge in [0.1, 0.15) is 0 Å². The lowest BCUT2D eigenvalue weighted by Crippen LogP contribution is -2.18. The number of nitrogens with zero attached hydrogens (tertiary/aromatic N) is 1. The molecule has 0 spiro atoms. The standard InChI is InChI=1S/C15H10BrF3N2O/c16-13-6-1-3-10(7-13)9-20-21-14(22)11-4-2-5-12(8-11)15(17,18)19/h1-9H,(H,21,22)/b20-9-. The zero-order chi connectivity index (χ0) is 16.2. The van der Waals surface area contributed by atoms with E-state index in [1.165, 1.54) is 18.3 Å². The number of amides is 1. The van der Waals surface area contributed by atoms with E-state index in [9.17, 15) is 18.0 Å². The molecule has 2 rings (SSSR count). The normalized spacial score (nSPS) is 11.6. The molecule has 0 aliphatic carbocycles. The molecule has 1 amide bonds. The molecule has 0 atom stereocenters. The summed E-state index contributed by atoms with van der Waals surface area (Å²) >= 11 is 3.29. The Balaban J connectivity index is 2.07. The number of hydrogen-bond donors (Lipinski definition) is 1. The van der Waals surface area contributed by atoms with Gasteiger partial charge in [-0.1, -0.05) is 34.1 Å². The van der Waals surface area contributed by atoms with Gasteiger partial charge in [-0.3, -0.25) is 4.79 Å². The van der Waals surface area contributed by atoms with Crippen molar-refractivity contribution >= 4 is 28.1 Å². The summed E-state index contributed by atoms with van der Waals surface area (Å²) in [6.07, 6.45) is -3.09. The van der Waals surface area contributed by atoms with Gasteiger partial charge in [-0.2, -0.15) is 18.3 Å². The SMILES string of the molecule is O=C(N/N=C\c1cccc(Br)c1)c1cccc(C(F)(F)F)c1. The summed E-state index contributed by atoms with van der Waals surface area (Å²) in [5.41, 5.74) is 1.94. The summed E-state index contributed by atoms with van der Waals surface area (Å²) in [5, 5.41) is 3.72. The Kier molecular flexibility index (Phi) is 4.97. The van der Waals surface area contributed by atoms with Crippen LogP contribution in [0.5, 0.6) is 0 Å². The molecular weight excluding hydrogens is 361 g/mol. The van der Waals surface area contributed by atoms with Crippen LogP contribution in [-0.2, 0) is 6.18 Å². The van der Waals surface area contributed by atoms with Gasteiger partial charge in [0.2, 0.25) is 0 Å². The lowest BCUT2D eigenvalue weighted by molar-refractivity contribution is -0.137. The van der Waals surface area contributed by atoms with E-state index in [-0.39, 0.29) is 5.56 Å². The number of halogens is 4. The summed E-state index contributed by atoms with van der Waals surface area (Å²) in [6, 6.07) is 11.3. The van der Waals surface area contributed by atoms with E-state index in [1.807, 2.05) is 6.07 Å². The van der Waals surface area contributed by atoms with Gasteiger partial charge in [-0.15, -0.1) is 0 Å². The van der Waals surface area contributed by atoms with Crippen molar-refractivity contribution in [3.05, 3.63) is 69.7 Å². The number of alkyl halides is 3. The van der Waals surface area contributed by atoms with Crippen LogP contribution in [0.1, 0.15) is 21.5 Å². The maximum Gasteiger partial charge on any atom is 0.416 e. The maximum atomic E-state index is 12.6. The van der Waals surface area contributed by atoms with E-state index < -0.39 is 17.6 Å². The fourth-order valence-electron chi connectivity index (χ4n) is 1.65. The van der Waals surface area contributed by atoms with Crippen molar-refractivity contribution in [2.24, 2.45) is 5.10 Å². The Bertz CT molecular complexity index is 714. The van der Waals surface area contributed by atoms with Crippen LogP contribution in [-0.4, -0.2) is 12.1 Å². The van der Waals surface area contributed by atoms with Crippen molar-refractivity contribution in [1.82, 2.24) is 5.43 Å². The average molecular weight is 371 g/mol. The average Bonchev–Trinajstić information content (AvgIpc) is 2.46. The van der Waals surface area contributed by atoms with Crippen molar-refractivity contribution in [3.63, 3.8) is 0 Å². The van der Waals surface area contributed by atoms with Crippen molar-refractivity contribution < 1.29 is 18.0 Å². The first kappa shape index (κ1) is 16.2. The monoisotopic (exact) mass is 370 g/mol. The highest BCUT2D eigenvalue weighted by molar-refractivity contribution is 9.10. The second-order valence-electron chi connectivity index (χ2n) is 4.33. The zero-order valence-electron chi connectivity index (χ0n) is 11.1. The fourth-order valence-corrected chi connectivity index (χ4v) is 2.07. The molecule has 0 radical (unpaired) electrons. The van der Waals surface area contributed by atoms with Gasteiger partial charge in [-0.25, -0.2) is 5.43 Å². The van der Waals surface area contributed by atoms with Gasteiger partial charge in [0.05, 0.1) is 11.8 Å². The van der Waals surface area contributed by atoms with Gasteiger partial charge in [0.25, 0.3) is 5.91 Å². The van der Waals surface area contributed by atoms with Crippen LogP contribution >= 0.6 is 15.9 Å². The summed E-state index contributed by atoms with van der Waals surface area (Å²) in [4.78, 5) is 11.8. The first-order chi connectivity index (χ1) is 10.4. The van der Waals surface area contributed by atoms with Crippen LogP contribution in [0.15, 0.2) is 58.1 Å². The van der Waals surface area contributed by atoms with E-state index in [1.54, 1.807) is 18.2 Å². The molecule has 0 bridgehead atoms. The molecule has 2 aromatic rings. The summed E-state index contributed by atoms with van der Waals surface area (Å²) < 4.78 is 38.6. The van der Waals surface area contributed by atoms with E-state index >= 15 is 0 Å². The number of carbonyl (C=O) groups is 1. The minimum absolute atomic E-state index is 0.110. The van der Waals surface area contributed by atoms with Crippen molar-refractivity contribution in [3.8, 4) is 0 Å². The minimum atomic E-state index is -4.49. The Hall–Kier alpha value is -2.15. The molecular formula is C15H10BrF3N2O. The van der Waals surface area contributed by atoms with Crippen LogP contribution in [0.3, 0.4) is 0 Å². The quantitative estimate of drug-likeness (QED) is 0.637. The zero-order valence-corrected chi connectivity index (χ0v) is 12.6. The van der Waals surface area contributed by atoms with Gasteiger partial charge >= 0.3 is 6.18 Å². The van der Waals surface area contributed by atoms with Crippen LogP contribution in [0.2, 0.25) is 0 Å². The Labute approximate surface area is 133 Å². The molecule has 0 aliphatic heterocycles. The molecule has 0 aromatic heterocycles. The Morgan fingerprint density at radius 1 is 1.14 bits per heavy atom. The van der Waals surface area contributed by atoms with E-state index in [2.05, 4.69) is 26.5 Å². The first-order valence-corrected chi connectivity index (χ1v) is 6.92. The molecule has 0 fully saturated rings. The smallest absolute Gasteiger partial charge is 0.267 e. The maximum absolute atomic E-state index is 12.6. The molecule has 0 heterocycles. The van der Waals surface area contributed by atoms with Crippen LogP contribution < -0.4 is 5.43 Å². The van der Waals surface area contributed by atoms with Crippen LogP contribution in [0.4, 0.5) is 13.2 Å². The molecule has 22 heavy (non-hydrogen) atoms. The van der Waals surface area contributed by atoms with Crippen LogP contribution in [0, 0.1) is 0 Å². The first-order valence-electron chi connectivity index (χ1n) is 6.12. The fraction of sp³-hybridized carbons (Fsp3) is 0.0667. The lowest BCUT2D eigenvalue weighted by Gasteiger charge is -2.07. The lowest BCUT2D eigenvalue weighted by atomic mass is 10.1. The number of carbonyl (C=O) groups excluding carboxylic acids is 1. The molecule has 2 aromatic carbocycles. The van der Waals surface area contributed by atoms with Crippen molar-refractivity contribution in [1.29, 1.82) is 0 Å². The molecule has 0 saturated carbocycles. The molecule has 0 saturated heterocycles. The number of nitrogens with one attached hydrogen (secondary N) is 1. The van der Waals surface area contributed by atoms with Gasteiger partial charge < -0.3 is 0 Å². The predicted octanol–water partition coefficient (Wildman–Crippen LogP) is 4.23. The highest BCUT2D eigenvalue weighted by Crippen LogP contribution is 2.29. The van der Waals surface area contributed by atoms with Crippen LogP contribution in [0.25, 0.3) is 0 Å². The molecule has 1 N–H and O–H groups in total. The third-order valence-electron chi connectivity index (χ3n) is 2.68. The molecule has 0 aliphatic rings. The van der Waals surface area contributed by atoms with Crippen molar-refractivity contribution in [2.75, 3.05) is 0 Å². The van der Waals surface area contributed by atoms with E-state index in [0.717, 1.165) is 22.2 Å². The second kappa shape index (κ2) is 6.74. The summed E-state index contributed by atoms with van der Waals surface area (Å²) in [5.74, 6) is -0.711.